The van der Waals surface area contributed by atoms with Crippen LogP contribution in [0.15, 0.2) is 66.0 Å². The summed E-state index contributed by atoms with van der Waals surface area (Å²) in [7, 11) is 0. The normalized spacial score (nSPS) is 11.0. The summed E-state index contributed by atoms with van der Waals surface area (Å²) >= 11 is 0. The lowest BCUT2D eigenvalue weighted by Gasteiger charge is -2.02. The van der Waals surface area contributed by atoms with E-state index >= 15 is 0 Å². The molecule has 0 spiro atoms. The molecule has 0 atom stereocenters. The number of benzene rings is 1. The Kier molecular flexibility index (Phi) is 2.50. The molecule has 21 heavy (non-hydrogen) atoms. The van der Waals surface area contributed by atoms with Crippen molar-refractivity contribution < 1.29 is 0 Å². The number of hydrogen-bond donors (Lipinski definition) is 2. The van der Waals surface area contributed by atoms with Crippen LogP contribution in [0.3, 0.4) is 0 Å². The predicted octanol–water partition coefficient (Wildman–Crippen LogP) is 2.71. The summed E-state index contributed by atoms with van der Waals surface area (Å²) in [5.74, 6) is 0. The summed E-state index contributed by atoms with van der Waals surface area (Å²) in [5, 5.41) is 0.587. The molecule has 3 heterocycles. The molecule has 0 fully saturated rings. The van der Waals surface area contributed by atoms with Gasteiger partial charge in [-0.05, 0) is 24.3 Å². The topological polar surface area (TPSA) is 66.5 Å². The number of H-pyrrole nitrogens is 2. The molecule has 1 aromatic carbocycles. The van der Waals surface area contributed by atoms with Crippen molar-refractivity contribution in [3.63, 3.8) is 0 Å². The Hall–Kier alpha value is -3.08. The first kappa shape index (κ1) is 11.7. The van der Waals surface area contributed by atoms with E-state index in [2.05, 4.69) is 15.0 Å². The molecular formula is C16H12N4O. The Labute approximate surface area is 119 Å². The second-order valence-electron chi connectivity index (χ2n) is 4.76. The summed E-state index contributed by atoms with van der Waals surface area (Å²) in [6.45, 7) is 0. The summed E-state index contributed by atoms with van der Waals surface area (Å²) in [6.07, 6.45) is 5.21. The van der Waals surface area contributed by atoms with Gasteiger partial charge in [0.15, 0.2) is 5.65 Å². The number of para-hydroxylation sites is 1. The molecule has 5 heteroatoms. The fraction of sp³-hybridized carbons (Fsp3) is 0. The van der Waals surface area contributed by atoms with Gasteiger partial charge >= 0.3 is 0 Å². The van der Waals surface area contributed by atoms with Crippen LogP contribution in [0.25, 0.3) is 28.0 Å². The maximum Gasteiger partial charge on any atom is 0.260 e. The third-order valence-corrected chi connectivity index (χ3v) is 3.51. The van der Waals surface area contributed by atoms with Gasteiger partial charge in [-0.2, -0.15) is 0 Å². The van der Waals surface area contributed by atoms with Gasteiger partial charge in [0.1, 0.15) is 0 Å². The third-order valence-electron chi connectivity index (χ3n) is 3.51. The molecule has 0 aliphatic heterocycles. The van der Waals surface area contributed by atoms with Crippen LogP contribution in [-0.4, -0.2) is 19.5 Å². The fourth-order valence-electron chi connectivity index (χ4n) is 2.56. The highest BCUT2D eigenvalue weighted by Crippen LogP contribution is 2.28. The highest BCUT2D eigenvalue weighted by molar-refractivity contribution is 5.93. The van der Waals surface area contributed by atoms with Gasteiger partial charge in [-0.25, -0.2) is 4.98 Å². The Morgan fingerprint density at radius 3 is 2.62 bits per heavy atom. The number of aromatic nitrogens is 4. The third kappa shape index (κ3) is 1.79. The van der Waals surface area contributed by atoms with E-state index in [1.54, 1.807) is 0 Å². The molecule has 0 bridgehead atoms. The molecule has 0 aliphatic rings. The second-order valence-corrected chi connectivity index (χ2v) is 4.76. The van der Waals surface area contributed by atoms with E-state index in [-0.39, 0.29) is 5.56 Å². The lowest BCUT2D eigenvalue weighted by molar-refractivity contribution is 1.07. The van der Waals surface area contributed by atoms with Crippen LogP contribution in [0.1, 0.15) is 0 Å². The first-order valence-corrected chi connectivity index (χ1v) is 6.62. The van der Waals surface area contributed by atoms with Gasteiger partial charge in [0.25, 0.3) is 5.56 Å². The van der Waals surface area contributed by atoms with Crippen LogP contribution in [0.2, 0.25) is 0 Å². The minimum atomic E-state index is -0.140. The summed E-state index contributed by atoms with van der Waals surface area (Å²) in [6, 6.07) is 13.7. The van der Waals surface area contributed by atoms with Gasteiger partial charge in [-0.1, -0.05) is 18.2 Å². The molecule has 4 aromatic rings. The molecule has 102 valence electrons. The molecule has 0 unspecified atom stereocenters. The molecule has 3 aromatic heterocycles. The van der Waals surface area contributed by atoms with E-state index in [0.717, 1.165) is 16.9 Å². The Bertz CT molecular complexity index is 949. The van der Waals surface area contributed by atoms with Gasteiger partial charge in [0.2, 0.25) is 0 Å². The van der Waals surface area contributed by atoms with Gasteiger partial charge in [0, 0.05) is 29.3 Å². The highest BCUT2D eigenvalue weighted by atomic mass is 16.1. The second kappa shape index (κ2) is 4.49. The molecule has 5 nitrogen and oxygen atoms in total. The molecule has 0 aliphatic carbocycles. The molecule has 0 radical (unpaired) electrons. The average Bonchev–Trinajstić information content (AvgIpc) is 3.16. The van der Waals surface area contributed by atoms with Crippen LogP contribution in [-0.2, 0) is 0 Å². The number of rotatable bonds is 2. The van der Waals surface area contributed by atoms with E-state index in [0.29, 0.717) is 11.0 Å². The average molecular weight is 276 g/mol. The number of nitrogens with one attached hydrogen (secondary N) is 2. The van der Waals surface area contributed by atoms with Crippen molar-refractivity contribution in [3.8, 4) is 16.9 Å². The molecule has 0 saturated heterocycles. The van der Waals surface area contributed by atoms with E-state index in [4.69, 9.17) is 0 Å². The number of aromatic amines is 2. The number of hydrogen-bond acceptors (Lipinski definition) is 2. The van der Waals surface area contributed by atoms with Crippen molar-refractivity contribution in [3.05, 3.63) is 71.5 Å². The first-order chi connectivity index (χ1) is 10.3. The van der Waals surface area contributed by atoms with Crippen LogP contribution < -0.4 is 5.56 Å². The van der Waals surface area contributed by atoms with Crippen molar-refractivity contribution in [2.24, 2.45) is 0 Å². The largest absolute Gasteiger partial charge is 0.361 e. The van der Waals surface area contributed by atoms with E-state index in [1.807, 2.05) is 59.4 Å². The number of nitrogens with zero attached hydrogens (tertiary/aromatic N) is 2. The molecule has 0 saturated carbocycles. The van der Waals surface area contributed by atoms with Gasteiger partial charge in [0.05, 0.1) is 11.7 Å². The van der Waals surface area contributed by atoms with E-state index < -0.39 is 0 Å². The van der Waals surface area contributed by atoms with Crippen LogP contribution in [0.5, 0.6) is 0 Å². The van der Waals surface area contributed by atoms with Crippen LogP contribution >= 0.6 is 0 Å². The van der Waals surface area contributed by atoms with Crippen molar-refractivity contribution in [1.29, 1.82) is 0 Å². The lowest BCUT2D eigenvalue weighted by atomic mass is 10.2. The fourth-order valence-corrected chi connectivity index (χ4v) is 2.56. The standard InChI is InChI=1S/C16H12N4O/c21-16-14-12(13-7-4-8-17-13)9-20(15(14)18-10-19-16)11-5-2-1-3-6-11/h1-10,17H,(H,18,19,21). The maximum atomic E-state index is 12.2. The molecular weight excluding hydrogens is 264 g/mol. The molecule has 0 amide bonds. The van der Waals surface area contributed by atoms with E-state index in [9.17, 15) is 4.79 Å². The Balaban J connectivity index is 2.11. The van der Waals surface area contributed by atoms with Gasteiger partial charge in [-0.3, -0.25) is 4.79 Å². The van der Waals surface area contributed by atoms with Crippen molar-refractivity contribution in [2.75, 3.05) is 0 Å². The van der Waals surface area contributed by atoms with Crippen molar-refractivity contribution in [1.82, 2.24) is 19.5 Å². The summed E-state index contributed by atoms with van der Waals surface area (Å²) in [4.78, 5) is 22.4. The van der Waals surface area contributed by atoms with E-state index in [1.165, 1.54) is 6.33 Å². The van der Waals surface area contributed by atoms with Crippen LogP contribution in [0.4, 0.5) is 0 Å². The highest BCUT2D eigenvalue weighted by Gasteiger charge is 2.15. The SMILES string of the molecule is O=c1[nH]cnc2c1c(-c1ccc[nH]1)cn2-c1ccccc1. The first-order valence-electron chi connectivity index (χ1n) is 6.62. The molecule has 4 rings (SSSR count). The minimum Gasteiger partial charge on any atom is -0.361 e. The zero-order valence-electron chi connectivity index (χ0n) is 11.1. The van der Waals surface area contributed by atoms with Gasteiger partial charge in [-0.15, -0.1) is 0 Å². The van der Waals surface area contributed by atoms with Crippen LogP contribution in [0, 0.1) is 0 Å². The Morgan fingerprint density at radius 2 is 1.86 bits per heavy atom. The summed E-state index contributed by atoms with van der Waals surface area (Å²) < 4.78 is 1.93. The number of fused-ring (bicyclic) bond motifs is 1. The van der Waals surface area contributed by atoms with Crippen molar-refractivity contribution >= 4 is 11.0 Å². The smallest absolute Gasteiger partial charge is 0.260 e. The zero-order chi connectivity index (χ0) is 14.2. The quantitative estimate of drug-likeness (QED) is 0.591. The predicted molar refractivity (Wildman–Crippen MR) is 81.5 cm³/mol. The Morgan fingerprint density at radius 1 is 1.00 bits per heavy atom. The molecule has 2 N–H and O–H groups in total. The lowest BCUT2D eigenvalue weighted by Crippen LogP contribution is -2.07. The zero-order valence-corrected chi connectivity index (χ0v) is 11.1. The monoisotopic (exact) mass is 276 g/mol. The van der Waals surface area contributed by atoms with Crippen molar-refractivity contribution in [2.45, 2.75) is 0 Å². The maximum absolute atomic E-state index is 12.2. The summed E-state index contributed by atoms with van der Waals surface area (Å²) in [5.41, 5.74) is 3.22. The minimum absolute atomic E-state index is 0.140. The van der Waals surface area contributed by atoms with Gasteiger partial charge < -0.3 is 14.5 Å².